The molecule has 3 aliphatic rings. The lowest BCUT2D eigenvalue weighted by molar-refractivity contribution is 0.554. The van der Waals surface area contributed by atoms with E-state index in [0.29, 0.717) is 23.0 Å². The Hall–Kier alpha value is -1.36. The molecule has 0 saturated carbocycles. The first kappa shape index (κ1) is 13.1. The largest absolute Gasteiger partial charge is 0.354 e. The number of aryl methyl sites for hydroxylation is 1. The second kappa shape index (κ2) is 5.10. The second-order valence-electron chi connectivity index (χ2n) is 4.53. The summed E-state index contributed by atoms with van der Waals surface area (Å²) in [6, 6.07) is 0. The number of hydrogen-bond donors (Lipinski definition) is 1. The number of nitrogens with one attached hydrogen (secondary N) is 1. The van der Waals surface area contributed by atoms with Crippen LogP contribution in [0, 0.1) is 12.7 Å². The molecule has 0 amide bonds. The number of aromatic nitrogens is 3. The number of hydrogen-bond acceptors (Lipinski definition) is 3. The first-order chi connectivity index (χ1) is 8.25. The van der Waals surface area contributed by atoms with Gasteiger partial charge in [-0.25, -0.2) is 14.4 Å². The van der Waals surface area contributed by atoms with Crippen LogP contribution in [0.15, 0.2) is 6.20 Å². The molecule has 0 atom stereocenters. The molecule has 98 valence electrons. The Kier molecular flexibility index (Phi) is 3.71. The maximum absolute atomic E-state index is 14.2. The Bertz CT molecular complexity index is 507. The maximum atomic E-state index is 14.2. The number of rotatable bonds is 1. The van der Waals surface area contributed by atoms with E-state index < -0.39 is 0 Å². The SMILES string of the molecule is Cc1ncc2nc(N3CCCCC3)c(F)c-2[nH]1.Cl. The van der Waals surface area contributed by atoms with Gasteiger partial charge in [0.05, 0.1) is 6.20 Å². The summed E-state index contributed by atoms with van der Waals surface area (Å²) < 4.78 is 14.2. The quantitative estimate of drug-likeness (QED) is 0.867. The summed E-state index contributed by atoms with van der Waals surface area (Å²) in [6.45, 7) is 3.60. The average molecular weight is 271 g/mol. The van der Waals surface area contributed by atoms with Crippen LogP contribution in [0.4, 0.5) is 10.2 Å². The van der Waals surface area contributed by atoms with E-state index in [0.717, 1.165) is 25.9 Å². The van der Waals surface area contributed by atoms with Crippen molar-refractivity contribution in [2.24, 2.45) is 0 Å². The predicted molar refractivity (Wildman–Crippen MR) is 71.0 cm³/mol. The third-order valence-electron chi connectivity index (χ3n) is 3.24. The molecule has 1 fully saturated rings. The van der Waals surface area contributed by atoms with Gasteiger partial charge in [-0.15, -0.1) is 12.4 Å². The van der Waals surface area contributed by atoms with Gasteiger partial charge in [0.2, 0.25) is 0 Å². The monoisotopic (exact) mass is 270 g/mol. The molecule has 18 heavy (non-hydrogen) atoms. The highest BCUT2D eigenvalue weighted by molar-refractivity contribution is 5.85. The molecule has 3 aliphatic heterocycles. The van der Waals surface area contributed by atoms with Gasteiger partial charge in [0.25, 0.3) is 0 Å². The van der Waals surface area contributed by atoms with Crippen molar-refractivity contribution in [3.05, 3.63) is 17.8 Å². The van der Waals surface area contributed by atoms with E-state index in [1.807, 2.05) is 11.8 Å². The van der Waals surface area contributed by atoms with E-state index in [-0.39, 0.29) is 18.2 Å². The fourth-order valence-corrected chi connectivity index (χ4v) is 2.34. The van der Waals surface area contributed by atoms with Crippen LogP contribution in [-0.2, 0) is 0 Å². The molecule has 4 nitrogen and oxygen atoms in total. The lowest BCUT2D eigenvalue weighted by atomic mass is 10.1. The lowest BCUT2D eigenvalue weighted by Gasteiger charge is -2.26. The molecule has 3 rings (SSSR count). The summed E-state index contributed by atoms with van der Waals surface area (Å²) in [5, 5.41) is 0. The molecule has 6 heteroatoms. The van der Waals surface area contributed by atoms with Crippen LogP contribution in [0.3, 0.4) is 0 Å². The number of fused-ring (bicyclic) bond motifs is 1. The minimum Gasteiger partial charge on any atom is -0.354 e. The van der Waals surface area contributed by atoms with Crippen molar-refractivity contribution in [3.63, 3.8) is 0 Å². The average Bonchev–Trinajstić information content (AvgIpc) is 2.68. The molecular weight excluding hydrogens is 255 g/mol. The third-order valence-corrected chi connectivity index (χ3v) is 3.24. The smallest absolute Gasteiger partial charge is 0.191 e. The van der Waals surface area contributed by atoms with Crippen LogP contribution in [-0.4, -0.2) is 28.0 Å². The Morgan fingerprint density at radius 1 is 1.28 bits per heavy atom. The van der Waals surface area contributed by atoms with E-state index in [9.17, 15) is 4.39 Å². The van der Waals surface area contributed by atoms with Gasteiger partial charge in [-0.1, -0.05) is 0 Å². The van der Waals surface area contributed by atoms with Crippen LogP contribution >= 0.6 is 12.4 Å². The van der Waals surface area contributed by atoms with E-state index in [1.54, 1.807) is 6.20 Å². The summed E-state index contributed by atoms with van der Waals surface area (Å²) >= 11 is 0. The molecule has 0 aromatic heterocycles. The normalized spacial score (nSPS) is 15.8. The molecule has 0 aromatic rings. The molecule has 1 N–H and O–H groups in total. The van der Waals surface area contributed by atoms with Gasteiger partial charge in [-0.05, 0) is 26.2 Å². The Labute approximate surface area is 111 Å². The minimum atomic E-state index is -0.243. The number of nitrogens with zero attached hydrogens (tertiary/aromatic N) is 3. The molecule has 1 saturated heterocycles. The van der Waals surface area contributed by atoms with Crippen LogP contribution < -0.4 is 4.90 Å². The topological polar surface area (TPSA) is 44.8 Å². The van der Waals surface area contributed by atoms with Crippen molar-refractivity contribution in [1.29, 1.82) is 0 Å². The second-order valence-corrected chi connectivity index (χ2v) is 4.53. The van der Waals surface area contributed by atoms with Gasteiger partial charge >= 0.3 is 0 Å². The Morgan fingerprint density at radius 2 is 2.00 bits per heavy atom. The molecule has 0 unspecified atom stereocenters. The van der Waals surface area contributed by atoms with Crippen molar-refractivity contribution < 1.29 is 4.39 Å². The van der Waals surface area contributed by atoms with Crippen molar-refractivity contribution >= 4 is 18.2 Å². The summed E-state index contributed by atoms with van der Waals surface area (Å²) in [5.41, 5.74) is 1.08. The van der Waals surface area contributed by atoms with E-state index in [1.165, 1.54) is 6.42 Å². The summed E-state index contributed by atoms with van der Waals surface area (Å²) in [6.07, 6.45) is 5.08. The number of anilines is 1. The highest BCUT2D eigenvalue weighted by atomic mass is 35.5. The lowest BCUT2D eigenvalue weighted by Crippen LogP contribution is -2.30. The summed E-state index contributed by atoms with van der Waals surface area (Å²) in [5.74, 6) is 0.935. The molecule has 0 radical (unpaired) electrons. The first-order valence-corrected chi connectivity index (χ1v) is 6.01. The van der Waals surface area contributed by atoms with E-state index in [2.05, 4.69) is 15.0 Å². The summed E-state index contributed by atoms with van der Waals surface area (Å²) in [4.78, 5) is 13.4. The zero-order valence-corrected chi connectivity index (χ0v) is 11.1. The van der Waals surface area contributed by atoms with Gasteiger partial charge in [-0.2, -0.15) is 0 Å². The van der Waals surface area contributed by atoms with Crippen LogP contribution in [0.2, 0.25) is 0 Å². The molecule has 3 heterocycles. The van der Waals surface area contributed by atoms with Gasteiger partial charge in [0.15, 0.2) is 11.6 Å². The molecular formula is C12H16ClFN4. The number of aromatic amines is 1. The summed E-state index contributed by atoms with van der Waals surface area (Å²) in [7, 11) is 0. The fraction of sp³-hybridized carbons (Fsp3) is 0.500. The van der Waals surface area contributed by atoms with Gasteiger partial charge in [0, 0.05) is 13.1 Å². The molecule has 0 spiro atoms. The minimum absolute atomic E-state index is 0. The number of halogens is 2. The Balaban J connectivity index is 0.00000120. The number of H-pyrrole nitrogens is 1. The third kappa shape index (κ3) is 2.14. The zero-order chi connectivity index (χ0) is 11.8. The van der Waals surface area contributed by atoms with Gasteiger partial charge in [-0.3, -0.25) is 0 Å². The van der Waals surface area contributed by atoms with Gasteiger partial charge < -0.3 is 9.88 Å². The Morgan fingerprint density at radius 3 is 2.72 bits per heavy atom. The van der Waals surface area contributed by atoms with Gasteiger partial charge in [0.1, 0.15) is 17.2 Å². The van der Waals surface area contributed by atoms with E-state index >= 15 is 0 Å². The standard InChI is InChI=1S/C12H15FN4.ClH/c1-8-14-7-9-11(15-8)10(13)12(16-9)17-5-3-2-4-6-17;/h7H,2-6H2,1H3,(H,14,15);1H. The van der Waals surface area contributed by atoms with Crippen LogP contribution in [0.5, 0.6) is 0 Å². The highest BCUT2D eigenvalue weighted by Crippen LogP contribution is 2.31. The van der Waals surface area contributed by atoms with Crippen molar-refractivity contribution in [1.82, 2.24) is 15.0 Å². The number of piperidine rings is 1. The zero-order valence-electron chi connectivity index (χ0n) is 10.2. The van der Waals surface area contributed by atoms with Crippen molar-refractivity contribution in [2.45, 2.75) is 26.2 Å². The van der Waals surface area contributed by atoms with Crippen LogP contribution in [0.25, 0.3) is 11.4 Å². The molecule has 0 aliphatic carbocycles. The molecule has 0 bridgehead atoms. The molecule has 0 aromatic carbocycles. The van der Waals surface area contributed by atoms with Crippen LogP contribution in [0.1, 0.15) is 25.1 Å². The predicted octanol–water partition coefficient (Wildman–Crippen LogP) is 2.77. The van der Waals surface area contributed by atoms with E-state index in [4.69, 9.17) is 0 Å². The first-order valence-electron chi connectivity index (χ1n) is 6.01. The maximum Gasteiger partial charge on any atom is 0.191 e. The van der Waals surface area contributed by atoms with Crippen molar-refractivity contribution in [2.75, 3.05) is 18.0 Å². The highest BCUT2D eigenvalue weighted by Gasteiger charge is 2.24. The van der Waals surface area contributed by atoms with Crippen molar-refractivity contribution in [3.8, 4) is 11.4 Å². The fourth-order valence-electron chi connectivity index (χ4n) is 2.34.